The van der Waals surface area contributed by atoms with E-state index in [9.17, 15) is 0 Å². The van der Waals surface area contributed by atoms with Gasteiger partial charge in [0.05, 0.1) is 0 Å². The standard InChI is InChI=1S/C14H19N3O/c1-14(2,3)8-12-16-13(18-17-12)11-6-4-10(9-15)5-7-11/h4-7H,8-9,15H2,1-3H3. The third-order valence-corrected chi connectivity index (χ3v) is 2.59. The van der Waals surface area contributed by atoms with E-state index in [0.717, 1.165) is 23.4 Å². The molecule has 0 saturated carbocycles. The molecular weight excluding hydrogens is 226 g/mol. The summed E-state index contributed by atoms with van der Waals surface area (Å²) in [5.41, 5.74) is 7.74. The second kappa shape index (κ2) is 4.90. The van der Waals surface area contributed by atoms with Crippen molar-refractivity contribution in [3.8, 4) is 11.5 Å². The van der Waals surface area contributed by atoms with Crippen molar-refractivity contribution in [1.82, 2.24) is 10.1 Å². The van der Waals surface area contributed by atoms with Crippen LogP contribution >= 0.6 is 0 Å². The molecule has 2 N–H and O–H groups in total. The van der Waals surface area contributed by atoms with E-state index < -0.39 is 0 Å². The Labute approximate surface area is 107 Å². The maximum atomic E-state index is 5.56. The maximum Gasteiger partial charge on any atom is 0.257 e. The van der Waals surface area contributed by atoms with Crippen molar-refractivity contribution in [1.29, 1.82) is 0 Å². The molecule has 1 aromatic heterocycles. The fraction of sp³-hybridized carbons (Fsp3) is 0.429. The van der Waals surface area contributed by atoms with E-state index in [4.69, 9.17) is 10.3 Å². The first-order valence-corrected chi connectivity index (χ1v) is 6.10. The second-order valence-corrected chi connectivity index (χ2v) is 5.65. The Bertz CT molecular complexity index is 509. The maximum absolute atomic E-state index is 5.56. The molecule has 0 atom stereocenters. The summed E-state index contributed by atoms with van der Waals surface area (Å²) < 4.78 is 5.28. The molecule has 0 spiro atoms. The average molecular weight is 245 g/mol. The van der Waals surface area contributed by atoms with Gasteiger partial charge in [-0.2, -0.15) is 4.98 Å². The van der Waals surface area contributed by atoms with E-state index in [1.807, 2.05) is 24.3 Å². The van der Waals surface area contributed by atoms with Gasteiger partial charge in [0, 0.05) is 18.5 Å². The fourth-order valence-corrected chi connectivity index (χ4v) is 1.70. The third-order valence-electron chi connectivity index (χ3n) is 2.59. The zero-order valence-electron chi connectivity index (χ0n) is 11.1. The van der Waals surface area contributed by atoms with Gasteiger partial charge in [-0.15, -0.1) is 0 Å². The zero-order chi connectivity index (χ0) is 13.2. The SMILES string of the molecule is CC(C)(C)Cc1noc(-c2ccc(CN)cc2)n1. The molecule has 0 aliphatic carbocycles. The van der Waals surface area contributed by atoms with Crippen molar-refractivity contribution in [2.24, 2.45) is 11.1 Å². The number of benzene rings is 1. The summed E-state index contributed by atoms with van der Waals surface area (Å²) in [6.07, 6.45) is 0.803. The summed E-state index contributed by atoms with van der Waals surface area (Å²) in [5.74, 6) is 1.32. The lowest BCUT2D eigenvalue weighted by Gasteiger charge is -2.14. The Morgan fingerprint density at radius 3 is 2.39 bits per heavy atom. The molecule has 96 valence electrons. The summed E-state index contributed by atoms with van der Waals surface area (Å²) >= 11 is 0. The van der Waals surface area contributed by atoms with Crippen LogP contribution in [-0.2, 0) is 13.0 Å². The summed E-state index contributed by atoms with van der Waals surface area (Å²) in [6.45, 7) is 7.00. The average Bonchev–Trinajstić information content (AvgIpc) is 2.75. The van der Waals surface area contributed by atoms with Gasteiger partial charge >= 0.3 is 0 Å². The smallest absolute Gasteiger partial charge is 0.257 e. The van der Waals surface area contributed by atoms with Crippen LogP contribution in [0.2, 0.25) is 0 Å². The topological polar surface area (TPSA) is 64.9 Å². The van der Waals surface area contributed by atoms with Gasteiger partial charge in [0.1, 0.15) is 0 Å². The predicted molar refractivity (Wildman–Crippen MR) is 70.8 cm³/mol. The van der Waals surface area contributed by atoms with Crippen LogP contribution in [0.15, 0.2) is 28.8 Å². The Morgan fingerprint density at radius 1 is 1.17 bits per heavy atom. The molecule has 18 heavy (non-hydrogen) atoms. The largest absolute Gasteiger partial charge is 0.334 e. The van der Waals surface area contributed by atoms with Gasteiger partial charge in [-0.1, -0.05) is 38.1 Å². The van der Waals surface area contributed by atoms with E-state index in [1.54, 1.807) is 0 Å². The van der Waals surface area contributed by atoms with Crippen LogP contribution in [0, 0.1) is 5.41 Å². The Hall–Kier alpha value is -1.68. The van der Waals surface area contributed by atoms with Gasteiger partial charge in [-0.05, 0) is 23.1 Å². The molecular formula is C14H19N3O. The normalized spacial score (nSPS) is 11.8. The lowest BCUT2D eigenvalue weighted by Crippen LogP contribution is -2.10. The van der Waals surface area contributed by atoms with Crippen molar-refractivity contribution >= 4 is 0 Å². The minimum absolute atomic E-state index is 0.157. The molecule has 4 nitrogen and oxygen atoms in total. The molecule has 2 aromatic rings. The molecule has 4 heteroatoms. The highest BCUT2D eigenvalue weighted by molar-refractivity contribution is 5.53. The van der Waals surface area contributed by atoms with Crippen molar-refractivity contribution in [2.75, 3.05) is 0 Å². The van der Waals surface area contributed by atoms with Gasteiger partial charge in [-0.3, -0.25) is 0 Å². The van der Waals surface area contributed by atoms with Crippen LogP contribution in [-0.4, -0.2) is 10.1 Å². The molecule has 0 aliphatic heterocycles. The number of hydrogen-bond acceptors (Lipinski definition) is 4. The highest BCUT2D eigenvalue weighted by atomic mass is 16.5. The lowest BCUT2D eigenvalue weighted by atomic mass is 9.92. The molecule has 0 radical (unpaired) electrons. The molecule has 0 aliphatic rings. The molecule has 1 heterocycles. The van der Waals surface area contributed by atoms with Crippen molar-refractivity contribution in [2.45, 2.75) is 33.7 Å². The first kappa shape index (κ1) is 12.8. The van der Waals surface area contributed by atoms with Crippen molar-refractivity contribution in [3.63, 3.8) is 0 Å². The first-order valence-electron chi connectivity index (χ1n) is 6.10. The molecule has 0 amide bonds. The van der Waals surface area contributed by atoms with E-state index >= 15 is 0 Å². The number of rotatable bonds is 3. The second-order valence-electron chi connectivity index (χ2n) is 5.65. The fourth-order valence-electron chi connectivity index (χ4n) is 1.70. The number of hydrogen-bond donors (Lipinski definition) is 1. The minimum atomic E-state index is 0.157. The molecule has 0 bridgehead atoms. The molecule has 1 aromatic carbocycles. The lowest BCUT2D eigenvalue weighted by molar-refractivity contribution is 0.374. The Kier molecular flexibility index (Phi) is 3.48. The van der Waals surface area contributed by atoms with Gasteiger partial charge < -0.3 is 10.3 Å². The van der Waals surface area contributed by atoms with Crippen LogP contribution in [0.25, 0.3) is 11.5 Å². The molecule has 0 fully saturated rings. The van der Waals surface area contributed by atoms with Crippen molar-refractivity contribution < 1.29 is 4.52 Å². The van der Waals surface area contributed by atoms with E-state index in [-0.39, 0.29) is 5.41 Å². The number of nitrogens with zero attached hydrogens (tertiary/aromatic N) is 2. The minimum Gasteiger partial charge on any atom is -0.334 e. The summed E-state index contributed by atoms with van der Waals surface area (Å²) in [4.78, 5) is 4.41. The van der Waals surface area contributed by atoms with Crippen LogP contribution in [0.4, 0.5) is 0 Å². The zero-order valence-corrected chi connectivity index (χ0v) is 11.1. The van der Waals surface area contributed by atoms with Gasteiger partial charge in [0.25, 0.3) is 5.89 Å². The van der Waals surface area contributed by atoms with Crippen LogP contribution < -0.4 is 5.73 Å². The molecule has 0 saturated heterocycles. The van der Waals surface area contributed by atoms with Crippen LogP contribution in [0.5, 0.6) is 0 Å². The highest BCUT2D eigenvalue weighted by Crippen LogP contribution is 2.22. The van der Waals surface area contributed by atoms with Crippen LogP contribution in [0.3, 0.4) is 0 Å². The highest BCUT2D eigenvalue weighted by Gasteiger charge is 2.16. The van der Waals surface area contributed by atoms with E-state index in [0.29, 0.717) is 12.4 Å². The summed E-state index contributed by atoms with van der Waals surface area (Å²) in [6, 6.07) is 7.86. The first-order chi connectivity index (χ1) is 8.48. The van der Waals surface area contributed by atoms with Gasteiger partial charge in [0.2, 0.25) is 0 Å². The Balaban J connectivity index is 2.18. The van der Waals surface area contributed by atoms with Crippen molar-refractivity contribution in [3.05, 3.63) is 35.7 Å². The number of nitrogens with two attached hydrogens (primary N) is 1. The van der Waals surface area contributed by atoms with E-state index in [2.05, 4.69) is 30.9 Å². The van der Waals surface area contributed by atoms with Crippen LogP contribution in [0.1, 0.15) is 32.2 Å². The van der Waals surface area contributed by atoms with Gasteiger partial charge in [0.15, 0.2) is 5.82 Å². The predicted octanol–water partition coefficient (Wildman–Crippen LogP) is 2.78. The molecule has 2 rings (SSSR count). The number of aromatic nitrogens is 2. The van der Waals surface area contributed by atoms with Gasteiger partial charge in [-0.25, -0.2) is 0 Å². The third kappa shape index (κ3) is 3.17. The quantitative estimate of drug-likeness (QED) is 0.903. The summed E-state index contributed by atoms with van der Waals surface area (Å²) in [7, 11) is 0. The van der Waals surface area contributed by atoms with E-state index in [1.165, 1.54) is 0 Å². The Morgan fingerprint density at radius 2 is 1.83 bits per heavy atom. The summed E-state index contributed by atoms with van der Waals surface area (Å²) in [5, 5.41) is 4.01. The molecule has 0 unspecified atom stereocenters. The monoisotopic (exact) mass is 245 g/mol.